The number of hydrogen-bond acceptors (Lipinski definition) is 6. The van der Waals surface area contributed by atoms with E-state index in [2.05, 4.69) is 80.6 Å². The molecule has 0 radical (unpaired) electrons. The van der Waals surface area contributed by atoms with E-state index in [0.717, 1.165) is 0 Å². The van der Waals surface area contributed by atoms with Crippen LogP contribution in [-0.4, -0.2) is 40.7 Å². The van der Waals surface area contributed by atoms with E-state index in [4.69, 9.17) is 56.7 Å². The van der Waals surface area contributed by atoms with Gasteiger partial charge in [-0.2, -0.15) is 0 Å². The van der Waals surface area contributed by atoms with Crippen LogP contribution >= 0.6 is 0 Å². The van der Waals surface area contributed by atoms with E-state index >= 15 is 0 Å². The molecule has 0 aliphatic heterocycles. The fraction of sp³-hybridized carbons (Fsp3) is 0.533. The van der Waals surface area contributed by atoms with Crippen LogP contribution in [0.15, 0.2) is 0 Å². The van der Waals surface area contributed by atoms with Crippen molar-refractivity contribution in [3.05, 3.63) is 54.8 Å². The van der Waals surface area contributed by atoms with Crippen molar-refractivity contribution in [3.63, 3.8) is 0 Å². The maximum Gasteiger partial charge on any atom is 4.00 e. The average molecular weight is 894 g/mol. The van der Waals surface area contributed by atoms with Gasteiger partial charge in [0.05, 0.1) is 0 Å². The van der Waals surface area contributed by atoms with Gasteiger partial charge in [0.25, 0.3) is 0 Å². The molecule has 0 aromatic rings. The van der Waals surface area contributed by atoms with E-state index in [-0.39, 0.29) is 106 Å². The molecule has 0 unspecified atom stereocenters. The summed E-state index contributed by atoms with van der Waals surface area (Å²) in [5.74, 6) is 0. The standard InChI is InChI=1S/3C5H10.6CHO.6CO.CH4.2CH3.Li.3Mo.H/c3*1-2-4-5-3-1;12*1-2;;;;;;;;/h3*1-5H2;6*1H;;;;;;;1H4;2*1H3;;;;;/q;;;6*-1;;;;;;;;2*-1;+1;;2*+4;-1. The van der Waals surface area contributed by atoms with Gasteiger partial charge < -0.3 is 45.0 Å². The Bertz CT molecular complexity index is 329. The van der Waals surface area contributed by atoms with Gasteiger partial charge >= 0.3 is 129 Å². The molecular formula is C30H47LiMo3O12. The second-order valence-corrected chi connectivity index (χ2v) is 5.30. The van der Waals surface area contributed by atoms with Crippen LogP contribution in [-0.2, 0) is 120 Å². The number of hydrogen-bond donors (Lipinski definition) is 0. The van der Waals surface area contributed by atoms with Crippen LogP contribution in [0, 0.1) is 54.8 Å². The SMILES string of the molecule is C.C1CCCC1.C1CCCC1.C1CCCC1.[C-]#[O+].[C-]#[O+].[C-]#[O+].[C-]#[O+].[C-]#[O+].[C-]#[O+].[CH-]=O.[CH-]=O.[CH-]=O.[CH-]=O.[CH-]=O.[CH-]=O.[CH3-].[CH3-].[H-].[Li+].[Mo+4].[Mo+4].[Mo]. The van der Waals surface area contributed by atoms with Crippen molar-refractivity contribution in [2.75, 3.05) is 0 Å². The zero-order chi connectivity index (χ0) is 34.6. The molecule has 3 rings (SSSR count). The van der Waals surface area contributed by atoms with Crippen LogP contribution in [0.2, 0.25) is 0 Å². The number of carbonyl (C=O) groups excluding carboxylic acids is 6. The van der Waals surface area contributed by atoms with Gasteiger partial charge in [-0.1, -0.05) is 104 Å². The van der Waals surface area contributed by atoms with E-state index in [0.29, 0.717) is 0 Å². The summed E-state index contributed by atoms with van der Waals surface area (Å²) in [4.78, 5) is 46.5. The maximum atomic E-state index is 7.75. The summed E-state index contributed by atoms with van der Waals surface area (Å²) in [6, 6.07) is 0. The minimum Gasteiger partial charge on any atom is -1.00 e. The first-order chi connectivity index (χ1) is 19.5. The second-order valence-electron chi connectivity index (χ2n) is 5.30. The van der Waals surface area contributed by atoms with E-state index in [1.165, 1.54) is 96.3 Å². The second kappa shape index (κ2) is 411. The maximum absolute atomic E-state index is 7.75. The minimum absolute atomic E-state index is 0. The Labute approximate surface area is 337 Å². The Morgan fingerprint density at radius 1 is 0.304 bits per heavy atom. The summed E-state index contributed by atoms with van der Waals surface area (Å²) < 4.78 is 45.0. The van der Waals surface area contributed by atoms with Crippen molar-refractivity contribution in [2.45, 2.75) is 104 Å². The molecular weight excluding hydrogens is 847 g/mol. The van der Waals surface area contributed by atoms with Gasteiger partial charge in [0.2, 0.25) is 0 Å². The molecule has 258 valence electrons. The summed E-state index contributed by atoms with van der Waals surface area (Å²) in [7, 11) is 0. The molecule has 12 nitrogen and oxygen atoms in total. The van der Waals surface area contributed by atoms with Crippen molar-refractivity contribution in [1.29, 1.82) is 0 Å². The predicted molar refractivity (Wildman–Crippen MR) is 154 cm³/mol. The van der Waals surface area contributed by atoms with Crippen LogP contribution in [0.5, 0.6) is 0 Å². The van der Waals surface area contributed by atoms with E-state index in [1.807, 2.05) is 0 Å². The topological polar surface area (TPSA) is 222 Å². The zero-order valence-corrected chi connectivity index (χ0v) is 32.2. The molecule has 0 amide bonds. The molecule has 0 N–H and O–H groups in total. The van der Waals surface area contributed by atoms with Crippen molar-refractivity contribution in [3.8, 4) is 0 Å². The van der Waals surface area contributed by atoms with Crippen molar-refractivity contribution in [1.82, 2.24) is 0 Å². The normalized spacial score (nSPS) is 8.61. The van der Waals surface area contributed by atoms with E-state index in [9.17, 15) is 0 Å². The smallest absolute Gasteiger partial charge is 1.00 e. The molecule has 3 saturated carbocycles. The van der Waals surface area contributed by atoms with Crippen molar-refractivity contribution < 1.29 is 140 Å². The van der Waals surface area contributed by atoms with Crippen LogP contribution in [0.3, 0.4) is 0 Å². The zero-order valence-electron chi connectivity index (χ0n) is 27.2. The first kappa shape index (κ1) is 129. The fourth-order valence-electron chi connectivity index (χ4n) is 2.65. The Morgan fingerprint density at radius 3 is 0.348 bits per heavy atom. The van der Waals surface area contributed by atoms with E-state index < -0.39 is 0 Å². The molecule has 0 aromatic carbocycles. The van der Waals surface area contributed by atoms with Gasteiger partial charge in [-0.25, -0.2) is 0 Å². The molecule has 0 heterocycles. The van der Waals surface area contributed by atoms with Gasteiger partial charge in [0.1, 0.15) is 0 Å². The minimum atomic E-state index is 0. The molecule has 0 saturated heterocycles. The summed E-state index contributed by atoms with van der Waals surface area (Å²) in [5, 5.41) is 0. The van der Waals surface area contributed by atoms with Gasteiger partial charge in [-0.15, -0.1) is 0 Å². The van der Waals surface area contributed by atoms with Crippen LogP contribution < -0.4 is 18.9 Å². The van der Waals surface area contributed by atoms with E-state index in [1.54, 1.807) is 0 Å². The van der Waals surface area contributed by atoms with Gasteiger partial charge in [0, 0.05) is 21.1 Å². The molecule has 0 bridgehead atoms. The van der Waals surface area contributed by atoms with Crippen LogP contribution in [0.4, 0.5) is 0 Å². The number of rotatable bonds is 0. The molecule has 46 heavy (non-hydrogen) atoms. The summed E-state index contributed by atoms with van der Waals surface area (Å²) in [6.45, 7) is 46.5. The quantitative estimate of drug-likeness (QED) is 0.154. The predicted octanol–water partition coefficient (Wildman–Crippen LogP) is 2.63. The Balaban J connectivity index is -0.00000000936. The Hall–Kier alpha value is -0.878. The van der Waals surface area contributed by atoms with Gasteiger partial charge in [-0.3, -0.25) is 40.7 Å². The third kappa shape index (κ3) is 384. The largest absolute Gasteiger partial charge is 4.00 e. The van der Waals surface area contributed by atoms with Crippen molar-refractivity contribution in [2.24, 2.45) is 0 Å². The molecule has 16 heteroatoms. The summed E-state index contributed by atoms with van der Waals surface area (Å²) in [5.41, 5.74) is 0. The molecule has 0 aromatic heterocycles. The monoisotopic (exact) mass is 900 g/mol. The van der Waals surface area contributed by atoms with Crippen LogP contribution in [0.25, 0.3) is 0 Å². The Morgan fingerprint density at radius 2 is 0.326 bits per heavy atom. The molecule has 3 fully saturated rings. The average Bonchev–Trinajstić information content (AvgIpc) is 3.96. The van der Waals surface area contributed by atoms with Crippen LogP contribution in [0.1, 0.15) is 105 Å². The van der Waals surface area contributed by atoms with Gasteiger partial charge in [0.15, 0.2) is 0 Å². The molecule has 3 aliphatic rings. The third-order valence-corrected chi connectivity index (χ3v) is 3.75. The van der Waals surface area contributed by atoms with Gasteiger partial charge in [-0.05, 0) is 0 Å². The summed E-state index contributed by atoms with van der Waals surface area (Å²) >= 11 is 0. The molecule has 0 atom stereocenters. The fourth-order valence-corrected chi connectivity index (χ4v) is 2.65. The van der Waals surface area contributed by atoms with Crippen molar-refractivity contribution >= 4 is 40.7 Å². The first-order valence-corrected chi connectivity index (χ1v) is 10.1. The molecule has 0 spiro atoms. The summed E-state index contributed by atoms with van der Waals surface area (Å²) in [6.07, 6.45) is 22.5. The first-order valence-electron chi connectivity index (χ1n) is 10.1. The Kier molecular flexibility index (Phi) is 1150. The molecule has 3 aliphatic carbocycles. The third-order valence-electron chi connectivity index (χ3n) is 3.75.